The molecule has 1 aliphatic heterocycles. The maximum absolute atomic E-state index is 11.9. The molecule has 0 aromatic heterocycles. The van der Waals surface area contributed by atoms with E-state index in [-0.39, 0.29) is 17.3 Å². The second kappa shape index (κ2) is 10.8. The number of fused-ring (bicyclic) bond motifs is 2. The minimum absolute atomic E-state index is 0.00570. The maximum Gasteiger partial charge on any atom is 0.309 e. The number of esters is 1. The Morgan fingerprint density at radius 1 is 1.11 bits per heavy atom. The van der Waals surface area contributed by atoms with E-state index in [9.17, 15) is 4.79 Å². The van der Waals surface area contributed by atoms with Crippen LogP contribution in [0.15, 0.2) is 42.5 Å². The molecule has 5 heteroatoms. The predicted molar refractivity (Wildman–Crippen MR) is 148 cm³/mol. The molecule has 194 valence electrons. The maximum atomic E-state index is 11.9. The van der Waals surface area contributed by atoms with Gasteiger partial charge >= 0.3 is 5.97 Å². The van der Waals surface area contributed by atoms with Crippen molar-refractivity contribution >= 4 is 28.9 Å². The number of rotatable bonds is 6. The number of nitrogens with one attached hydrogen (secondary N) is 1. The molecule has 3 atom stereocenters. The van der Waals surface area contributed by atoms with E-state index in [0.29, 0.717) is 0 Å². The number of methoxy groups -OCH3 is 1. The summed E-state index contributed by atoms with van der Waals surface area (Å²) in [5, 5.41) is 4.31. The second-order valence-electron chi connectivity index (χ2n) is 12.1. The van der Waals surface area contributed by atoms with Crippen molar-refractivity contribution in [2.45, 2.75) is 70.8 Å². The Kier molecular flexibility index (Phi) is 7.65. The summed E-state index contributed by atoms with van der Waals surface area (Å²) in [6.45, 7) is 7.53. The van der Waals surface area contributed by atoms with Gasteiger partial charge in [0.1, 0.15) is 0 Å². The van der Waals surface area contributed by atoms with Crippen LogP contribution in [-0.2, 0) is 21.5 Å². The van der Waals surface area contributed by atoms with Crippen molar-refractivity contribution in [3.05, 3.63) is 58.6 Å². The number of ether oxygens (including phenoxy) is 1. The summed E-state index contributed by atoms with van der Waals surface area (Å²) in [6, 6.07) is 15.2. The van der Waals surface area contributed by atoms with Crippen molar-refractivity contribution in [3.63, 3.8) is 0 Å². The topological polar surface area (TPSA) is 41.6 Å². The molecule has 2 aromatic carbocycles. The van der Waals surface area contributed by atoms with Gasteiger partial charge in [0, 0.05) is 18.8 Å². The van der Waals surface area contributed by atoms with Crippen LogP contribution in [0.3, 0.4) is 0 Å². The van der Waals surface area contributed by atoms with E-state index in [1.165, 1.54) is 50.3 Å². The summed E-state index contributed by atoms with van der Waals surface area (Å²) in [5.74, 6) is 2.52. The molecule has 0 spiro atoms. The molecule has 0 amide bonds. The third kappa shape index (κ3) is 5.75. The highest BCUT2D eigenvalue weighted by atomic mass is 35.5. The average molecular weight is 509 g/mol. The molecule has 1 saturated heterocycles. The second-order valence-corrected chi connectivity index (χ2v) is 12.5. The van der Waals surface area contributed by atoms with Crippen LogP contribution in [-0.4, -0.2) is 31.1 Å². The standard InChI is InChI=1S/C31H41ClN2O2/c1-21-13-23-15-24(14-21)18-31(2,17-23)26-8-11-29(28(32)16-26)33-27-9-6-22(7-10-27)19-34-12-4-5-25(20-34)30(35)36-3/h6-11,16,21,23-25,33H,4-5,12-15,17-20H2,1-3H3. The van der Waals surface area contributed by atoms with E-state index in [0.717, 1.165) is 66.6 Å². The van der Waals surface area contributed by atoms with E-state index < -0.39 is 0 Å². The van der Waals surface area contributed by atoms with Gasteiger partial charge in [-0.25, -0.2) is 0 Å². The summed E-state index contributed by atoms with van der Waals surface area (Å²) >= 11 is 6.81. The first-order valence-electron chi connectivity index (χ1n) is 13.8. The van der Waals surface area contributed by atoms with Gasteiger partial charge < -0.3 is 10.1 Å². The van der Waals surface area contributed by atoms with Crippen molar-refractivity contribution in [2.75, 3.05) is 25.5 Å². The summed E-state index contributed by atoms with van der Waals surface area (Å²) in [4.78, 5) is 14.3. The zero-order valence-corrected chi connectivity index (χ0v) is 22.8. The van der Waals surface area contributed by atoms with Crippen LogP contribution < -0.4 is 5.32 Å². The molecule has 3 unspecified atom stereocenters. The predicted octanol–water partition coefficient (Wildman–Crippen LogP) is 7.57. The van der Waals surface area contributed by atoms with E-state index in [4.69, 9.17) is 16.3 Å². The van der Waals surface area contributed by atoms with Gasteiger partial charge in [0.15, 0.2) is 0 Å². The van der Waals surface area contributed by atoms with E-state index in [2.05, 4.69) is 66.5 Å². The van der Waals surface area contributed by atoms with Gasteiger partial charge in [-0.1, -0.05) is 43.6 Å². The number of hydrogen-bond donors (Lipinski definition) is 1. The van der Waals surface area contributed by atoms with Crippen molar-refractivity contribution in [2.24, 2.45) is 23.7 Å². The van der Waals surface area contributed by atoms with Gasteiger partial charge in [-0.2, -0.15) is 0 Å². The molecule has 2 aromatic rings. The number of carbonyl (C=O) groups is 1. The quantitative estimate of drug-likeness (QED) is 0.408. The normalized spacial score (nSPS) is 30.6. The molecule has 1 N–H and O–H groups in total. The number of nitrogens with zero attached hydrogens (tertiary/aromatic N) is 1. The highest BCUT2D eigenvalue weighted by molar-refractivity contribution is 6.33. The smallest absolute Gasteiger partial charge is 0.309 e. The number of likely N-dealkylation sites (tertiary alicyclic amines) is 1. The first-order chi connectivity index (χ1) is 17.3. The first-order valence-corrected chi connectivity index (χ1v) is 14.2. The third-order valence-corrected chi connectivity index (χ3v) is 9.27. The van der Waals surface area contributed by atoms with Crippen LogP contribution in [0.5, 0.6) is 0 Å². The van der Waals surface area contributed by atoms with E-state index in [1.807, 2.05) is 0 Å². The minimum Gasteiger partial charge on any atom is -0.469 e. The lowest BCUT2D eigenvalue weighted by atomic mass is 9.57. The zero-order chi connectivity index (χ0) is 25.3. The lowest BCUT2D eigenvalue weighted by Gasteiger charge is -2.47. The van der Waals surface area contributed by atoms with Gasteiger partial charge in [-0.05, 0) is 110 Å². The SMILES string of the molecule is COC(=O)C1CCCN(Cc2ccc(Nc3ccc(C4(C)CC5CC(C)CC(C5)C4)cc3Cl)cc2)C1. The molecule has 0 radical (unpaired) electrons. The van der Waals surface area contributed by atoms with Gasteiger partial charge in [-0.3, -0.25) is 9.69 Å². The highest BCUT2D eigenvalue weighted by Crippen LogP contribution is 2.51. The summed E-state index contributed by atoms with van der Waals surface area (Å²) in [5.41, 5.74) is 4.87. The van der Waals surface area contributed by atoms with Crippen LogP contribution in [0, 0.1) is 23.7 Å². The fraction of sp³-hybridized carbons (Fsp3) is 0.581. The molecule has 2 saturated carbocycles. The van der Waals surface area contributed by atoms with Crippen LogP contribution in [0.2, 0.25) is 5.02 Å². The van der Waals surface area contributed by atoms with Crippen LogP contribution >= 0.6 is 11.6 Å². The Hall–Kier alpha value is -2.04. The van der Waals surface area contributed by atoms with E-state index >= 15 is 0 Å². The fourth-order valence-corrected chi connectivity index (χ4v) is 7.71. The molecular weight excluding hydrogens is 468 g/mol. The minimum atomic E-state index is -0.0860. The summed E-state index contributed by atoms with van der Waals surface area (Å²) in [7, 11) is 1.48. The summed E-state index contributed by atoms with van der Waals surface area (Å²) in [6.07, 6.45) is 8.73. The van der Waals surface area contributed by atoms with Gasteiger partial charge in [-0.15, -0.1) is 0 Å². The molecule has 36 heavy (non-hydrogen) atoms. The van der Waals surface area contributed by atoms with Crippen molar-refractivity contribution in [1.29, 1.82) is 0 Å². The van der Waals surface area contributed by atoms with Crippen molar-refractivity contribution < 1.29 is 9.53 Å². The largest absolute Gasteiger partial charge is 0.469 e. The Morgan fingerprint density at radius 3 is 2.50 bits per heavy atom. The van der Waals surface area contributed by atoms with Crippen LogP contribution in [0.25, 0.3) is 0 Å². The number of hydrogen-bond acceptors (Lipinski definition) is 4. The number of carbonyl (C=O) groups excluding carboxylic acids is 1. The summed E-state index contributed by atoms with van der Waals surface area (Å²) < 4.78 is 4.95. The highest BCUT2D eigenvalue weighted by Gasteiger charge is 2.41. The Bertz CT molecular complexity index is 1050. The molecule has 4 nitrogen and oxygen atoms in total. The number of piperidine rings is 1. The lowest BCUT2D eigenvalue weighted by Crippen LogP contribution is -2.38. The molecule has 3 fully saturated rings. The monoisotopic (exact) mass is 508 g/mol. The van der Waals surface area contributed by atoms with Gasteiger partial charge in [0.2, 0.25) is 0 Å². The van der Waals surface area contributed by atoms with Crippen molar-refractivity contribution in [3.8, 4) is 0 Å². The number of halogens is 1. The molecular formula is C31H41ClN2O2. The number of benzene rings is 2. The molecule has 3 aliphatic rings. The van der Waals surface area contributed by atoms with Gasteiger partial charge in [0.25, 0.3) is 0 Å². The molecule has 2 aliphatic carbocycles. The lowest BCUT2D eigenvalue weighted by molar-refractivity contribution is -0.147. The zero-order valence-electron chi connectivity index (χ0n) is 22.1. The Morgan fingerprint density at radius 2 is 1.83 bits per heavy atom. The number of anilines is 2. The van der Waals surface area contributed by atoms with E-state index in [1.54, 1.807) is 0 Å². The van der Waals surface area contributed by atoms with Crippen molar-refractivity contribution in [1.82, 2.24) is 4.90 Å². The molecule has 1 heterocycles. The molecule has 2 bridgehead atoms. The molecule has 5 rings (SSSR count). The van der Waals surface area contributed by atoms with Crippen LogP contribution in [0.4, 0.5) is 11.4 Å². The average Bonchev–Trinajstić information content (AvgIpc) is 2.85. The fourth-order valence-electron chi connectivity index (χ4n) is 7.48. The van der Waals surface area contributed by atoms with Gasteiger partial charge in [0.05, 0.1) is 23.7 Å². The third-order valence-electron chi connectivity index (χ3n) is 8.96. The Balaban J connectivity index is 1.21. The first kappa shape index (κ1) is 25.6. The Labute approximate surface area is 221 Å². The van der Waals surface area contributed by atoms with Crippen LogP contribution in [0.1, 0.15) is 69.9 Å².